The molecule has 0 aliphatic carbocycles. The van der Waals surface area contributed by atoms with E-state index in [-0.39, 0.29) is 13.0 Å². The highest BCUT2D eigenvalue weighted by Crippen LogP contribution is 2.08. The molecule has 2 N–H and O–H groups in total. The lowest BCUT2D eigenvalue weighted by Gasteiger charge is -2.16. The van der Waals surface area contributed by atoms with Gasteiger partial charge in [-0.05, 0) is 11.6 Å². The summed E-state index contributed by atoms with van der Waals surface area (Å²) in [4.78, 5) is 23.4. The molecule has 0 aliphatic heterocycles. The average Bonchev–Trinajstić information content (AvgIpc) is 2.44. The number of esters is 2. The van der Waals surface area contributed by atoms with Crippen molar-refractivity contribution in [2.45, 2.75) is 44.8 Å². The van der Waals surface area contributed by atoms with Crippen LogP contribution >= 0.6 is 0 Å². The number of benzene rings is 1. The quantitative estimate of drug-likeness (QED) is 0.587. The van der Waals surface area contributed by atoms with E-state index in [0.717, 1.165) is 11.6 Å². The van der Waals surface area contributed by atoms with Gasteiger partial charge in [-0.1, -0.05) is 50.0 Å². The lowest BCUT2D eigenvalue weighted by Crippen LogP contribution is -2.35. The lowest BCUT2D eigenvalue weighted by atomic mass is 10.2. The number of nitrogens with two attached hydrogens (primary N) is 1. The molecule has 1 atom stereocenters. The molecule has 0 aromatic heterocycles. The Labute approximate surface area is 132 Å². The molecule has 0 fully saturated rings. The topological polar surface area (TPSA) is 78.6 Å². The van der Waals surface area contributed by atoms with Crippen LogP contribution in [0.25, 0.3) is 0 Å². The van der Waals surface area contributed by atoms with E-state index in [1.807, 2.05) is 30.3 Å². The van der Waals surface area contributed by atoms with Crippen LogP contribution in [0.1, 0.15) is 12.0 Å². The molecule has 0 unspecified atom stereocenters. The summed E-state index contributed by atoms with van der Waals surface area (Å²) >= 11 is 0. The van der Waals surface area contributed by atoms with E-state index in [1.54, 1.807) is 0 Å². The summed E-state index contributed by atoms with van der Waals surface area (Å²) in [5.74, 6) is -1.05. The van der Waals surface area contributed by atoms with Crippen molar-refractivity contribution in [2.75, 3.05) is 6.61 Å². The first kappa shape index (κ1) is 18.4. The fraction of sp³-hybridized carbons (Fsp3) is 0.500. The van der Waals surface area contributed by atoms with Gasteiger partial charge in [-0.25, -0.2) is 0 Å². The molecule has 6 heteroatoms. The lowest BCUT2D eigenvalue weighted by molar-refractivity contribution is -0.152. The monoisotopic (exact) mass is 323 g/mol. The van der Waals surface area contributed by atoms with Gasteiger partial charge in [0, 0.05) is 8.07 Å². The third-order valence-corrected chi connectivity index (χ3v) is 4.73. The molecule has 0 saturated heterocycles. The summed E-state index contributed by atoms with van der Waals surface area (Å²) in [6, 6.07) is 9.22. The zero-order chi connectivity index (χ0) is 16.6. The number of rotatable bonds is 8. The van der Waals surface area contributed by atoms with Crippen molar-refractivity contribution in [3.63, 3.8) is 0 Å². The van der Waals surface area contributed by atoms with Gasteiger partial charge in [-0.2, -0.15) is 0 Å². The van der Waals surface area contributed by atoms with E-state index in [4.69, 9.17) is 15.2 Å². The van der Waals surface area contributed by atoms with E-state index in [9.17, 15) is 9.59 Å². The third-order valence-electron chi connectivity index (χ3n) is 3.03. The first-order valence-corrected chi connectivity index (χ1v) is 11.1. The summed E-state index contributed by atoms with van der Waals surface area (Å²) in [6.07, 6.45) is -0.153. The first-order valence-electron chi connectivity index (χ1n) is 7.40. The van der Waals surface area contributed by atoms with Crippen LogP contribution in [0.15, 0.2) is 30.3 Å². The maximum Gasteiger partial charge on any atom is 0.323 e. The molecule has 0 aliphatic rings. The standard InChI is InChI=1S/C16H25NO4Si/c1-22(2,3)10-9-20-15(18)11-14(17)16(19)21-12-13-7-5-4-6-8-13/h4-8,14H,9-12,17H2,1-3H3/t14-/m0/s1. The van der Waals surface area contributed by atoms with Crippen molar-refractivity contribution >= 4 is 20.0 Å². The Kier molecular flexibility index (Phi) is 7.27. The molecule has 0 heterocycles. The van der Waals surface area contributed by atoms with Crippen molar-refractivity contribution in [2.24, 2.45) is 5.73 Å². The van der Waals surface area contributed by atoms with Gasteiger partial charge in [-0.15, -0.1) is 0 Å². The minimum Gasteiger partial charge on any atom is -0.466 e. The second-order valence-electron chi connectivity index (χ2n) is 6.44. The Balaban J connectivity index is 2.27. The van der Waals surface area contributed by atoms with Gasteiger partial charge in [0.15, 0.2) is 0 Å². The molecule has 0 bridgehead atoms. The van der Waals surface area contributed by atoms with E-state index in [1.165, 1.54) is 0 Å². The Morgan fingerprint density at radius 2 is 1.77 bits per heavy atom. The van der Waals surface area contributed by atoms with E-state index in [0.29, 0.717) is 6.61 Å². The van der Waals surface area contributed by atoms with Crippen molar-refractivity contribution in [1.82, 2.24) is 0 Å². The van der Waals surface area contributed by atoms with Crippen molar-refractivity contribution in [3.05, 3.63) is 35.9 Å². The molecule has 1 aromatic carbocycles. The van der Waals surface area contributed by atoms with Crippen LogP contribution < -0.4 is 5.73 Å². The van der Waals surface area contributed by atoms with Crippen LogP contribution in [-0.4, -0.2) is 32.7 Å². The molecular weight excluding hydrogens is 298 g/mol. The summed E-state index contributed by atoms with van der Waals surface area (Å²) < 4.78 is 10.2. The number of hydrogen-bond donors (Lipinski definition) is 1. The SMILES string of the molecule is C[Si](C)(C)CCOC(=O)C[C@H](N)C(=O)OCc1ccccc1. The zero-order valence-corrected chi connectivity index (χ0v) is 14.5. The van der Waals surface area contributed by atoms with Crippen LogP contribution in [0.2, 0.25) is 25.7 Å². The van der Waals surface area contributed by atoms with Crippen LogP contribution in [0.3, 0.4) is 0 Å². The summed E-state index contributed by atoms with van der Waals surface area (Å²) in [5.41, 5.74) is 6.55. The summed E-state index contributed by atoms with van der Waals surface area (Å²) in [7, 11) is -1.24. The predicted molar refractivity (Wildman–Crippen MR) is 87.9 cm³/mol. The van der Waals surface area contributed by atoms with Gasteiger partial charge in [-0.3, -0.25) is 9.59 Å². The highest BCUT2D eigenvalue weighted by atomic mass is 28.3. The molecule has 22 heavy (non-hydrogen) atoms. The van der Waals surface area contributed by atoms with Crippen LogP contribution in [0.5, 0.6) is 0 Å². The normalized spacial score (nSPS) is 12.5. The van der Waals surface area contributed by atoms with Crippen LogP contribution in [0.4, 0.5) is 0 Å². The van der Waals surface area contributed by atoms with Crippen molar-refractivity contribution in [3.8, 4) is 0 Å². The minimum absolute atomic E-state index is 0.151. The number of ether oxygens (including phenoxy) is 2. The molecule has 122 valence electrons. The first-order chi connectivity index (χ1) is 10.3. The van der Waals surface area contributed by atoms with Gasteiger partial charge in [0.2, 0.25) is 0 Å². The number of carbonyl (C=O) groups is 2. The molecular formula is C16H25NO4Si. The predicted octanol–water partition coefficient (Wildman–Crippen LogP) is 2.33. The molecule has 1 aromatic rings. The highest BCUT2D eigenvalue weighted by molar-refractivity contribution is 6.76. The molecule has 5 nitrogen and oxygen atoms in total. The molecule has 0 amide bonds. The van der Waals surface area contributed by atoms with Gasteiger partial charge >= 0.3 is 11.9 Å². The van der Waals surface area contributed by atoms with Gasteiger partial charge in [0.25, 0.3) is 0 Å². The van der Waals surface area contributed by atoms with E-state index < -0.39 is 26.1 Å². The van der Waals surface area contributed by atoms with Gasteiger partial charge < -0.3 is 15.2 Å². The highest BCUT2D eigenvalue weighted by Gasteiger charge is 2.21. The van der Waals surface area contributed by atoms with Gasteiger partial charge in [0.05, 0.1) is 13.0 Å². The van der Waals surface area contributed by atoms with Crippen LogP contribution in [0, 0.1) is 0 Å². The summed E-state index contributed by atoms with van der Waals surface area (Å²) in [5, 5.41) is 0. The smallest absolute Gasteiger partial charge is 0.323 e. The Morgan fingerprint density at radius 1 is 1.14 bits per heavy atom. The number of hydrogen-bond acceptors (Lipinski definition) is 5. The Bertz CT molecular complexity index is 485. The molecule has 0 spiro atoms. The maximum atomic E-state index is 11.7. The summed E-state index contributed by atoms with van der Waals surface area (Å²) in [6.45, 7) is 7.15. The minimum atomic E-state index is -1.24. The average molecular weight is 323 g/mol. The molecule has 0 saturated carbocycles. The van der Waals surface area contributed by atoms with E-state index in [2.05, 4.69) is 19.6 Å². The number of carbonyl (C=O) groups excluding carboxylic acids is 2. The zero-order valence-electron chi connectivity index (χ0n) is 13.5. The van der Waals surface area contributed by atoms with Crippen molar-refractivity contribution in [1.29, 1.82) is 0 Å². The molecule has 0 radical (unpaired) electrons. The Morgan fingerprint density at radius 3 is 2.36 bits per heavy atom. The van der Waals surface area contributed by atoms with Gasteiger partial charge in [0.1, 0.15) is 12.6 Å². The second-order valence-corrected chi connectivity index (χ2v) is 12.1. The maximum absolute atomic E-state index is 11.7. The van der Waals surface area contributed by atoms with Crippen LogP contribution in [-0.2, 0) is 25.7 Å². The Hall–Kier alpha value is -1.66. The fourth-order valence-electron chi connectivity index (χ4n) is 1.63. The molecule has 1 rings (SSSR count). The van der Waals surface area contributed by atoms with Crippen molar-refractivity contribution < 1.29 is 19.1 Å². The van der Waals surface area contributed by atoms with E-state index >= 15 is 0 Å². The second kappa shape index (κ2) is 8.70. The largest absolute Gasteiger partial charge is 0.466 e. The fourth-order valence-corrected chi connectivity index (χ4v) is 2.34. The third kappa shape index (κ3) is 7.95.